The molecule has 1 atom stereocenters. The highest BCUT2D eigenvalue weighted by Crippen LogP contribution is 2.28. The summed E-state index contributed by atoms with van der Waals surface area (Å²) in [4.78, 5) is 26.0. The highest BCUT2D eigenvalue weighted by atomic mass is 16.4. The number of piperidine rings is 1. The van der Waals surface area contributed by atoms with Crippen molar-refractivity contribution in [3.8, 4) is 11.8 Å². The van der Waals surface area contributed by atoms with Crippen LogP contribution < -0.4 is 5.32 Å². The number of benzene rings is 3. The first-order valence-corrected chi connectivity index (χ1v) is 13.3. The molecule has 1 heterocycles. The van der Waals surface area contributed by atoms with Gasteiger partial charge in [-0.25, -0.2) is 0 Å². The maximum Gasteiger partial charge on any atom is 0.303 e. The van der Waals surface area contributed by atoms with Crippen molar-refractivity contribution >= 4 is 22.6 Å². The second kappa shape index (κ2) is 12.6. The maximum absolute atomic E-state index is 12.9. The lowest BCUT2D eigenvalue weighted by Crippen LogP contribution is -2.34. The van der Waals surface area contributed by atoms with Gasteiger partial charge in [-0.05, 0) is 93.2 Å². The lowest BCUT2D eigenvalue weighted by atomic mass is 9.94. The van der Waals surface area contributed by atoms with Crippen LogP contribution in [0.5, 0.6) is 0 Å². The Hall–Kier alpha value is -3.62. The van der Waals surface area contributed by atoms with Crippen molar-refractivity contribution in [1.82, 2.24) is 10.2 Å². The quantitative estimate of drug-likeness (QED) is 0.298. The number of carboxylic acids is 1. The molecule has 0 saturated carbocycles. The number of amides is 1. The summed E-state index contributed by atoms with van der Waals surface area (Å²) in [5.74, 6) is 6.57. The molecular weight excluding hydrogens is 460 g/mol. The highest BCUT2D eigenvalue weighted by molar-refractivity contribution is 5.97. The molecule has 0 bridgehead atoms. The number of hydrogen-bond acceptors (Lipinski definition) is 3. The molecule has 1 fully saturated rings. The number of unbranched alkanes of at least 4 members (excludes halogenated alkanes) is 1. The molecular formula is C32H36N2O3. The zero-order chi connectivity index (χ0) is 26.2. The fraction of sp³-hybridized carbons (Fsp3) is 0.375. The SMILES string of the molecule is Cc1ccccc1C(=O)N[C@H](C)c1ccc(C#CC2CCN(CCCCC(=O)O)CC2)c2ccccc12. The molecule has 0 radical (unpaired) electrons. The van der Waals surface area contributed by atoms with Crippen molar-refractivity contribution in [1.29, 1.82) is 0 Å². The summed E-state index contributed by atoms with van der Waals surface area (Å²) in [5, 5.41) is 14.2. The number of nitrogens with one attached hydrogen (secondary N) is 1. The van der Waals surface area contributed by atoms with Gasteiger partial charge in [-0.2, -0.15) is 0 Å². The molecule has 192 valence electrons. The van der Waals surface area contributed by atoms with Crippen molar-refractivity contribution in [2.45, 2.75) is 52.0 Å². The summed E-state index contributed by atoms with van der Waals surface area (Å²) in [5.41, 5.74) is 3.77. The minimum absolute atomic E-state index is 0.0632. The number of carbonyl (C=O) groups is 2. The van der Waals surface area contributed by atoms with Crippen molar-refractivity contribution in [2.24, 2.45) is 5.92 Å². The molecule has 0 unspecified atom stereocenters. The van der Waals surface area contributed by atoms with Gasteiger partial charge in [0.15, 0.2) is 0 Å². The third kappa shape index (κ3) is 6.99. The molecule has 0 aliphatic carbocycles. The lowest BCUT2D eigenvalue weighted by Gasteiger charge is -2.29. The van der Waals surface area contributed by atoms with Crippen molar-refractivity contribution in [3.63, 3.8) is 0 Å². The average Bonchev–Trinajstić information content (AvgIpc) is 2.90. The molecule has 37 heavy (non-hydrogen) atoms. The summed E-state index contributed by atoms with van der Waals surface area (Å²) in [7, 11) is 0. The monoisotopic (exact) mass is 496 g/mol. The van der Waals surface area contributed by atoms with Crippen LogP contribution in [-0.4, -0.2) is 41.5 Å². The van der Waals surface area contributed by atoms with Crippen LogP contribution in [0.2, 0.25) is 0 Å². The van der Waals surface area contributed by atoms with E-state index < -0.39 is 5.97 Å². The topological polar surface area (TPSA) is 69.6 Å². The Labute approximate surface area is 219 Å². The molecule has 1 aliphatic heterocycles. The predicted octanol–water partition coefficient (Wildman–Crippen LogP) is 5.96. The number of fused-ring (bicyclic) bond motifs is 1. The van der Waals surface area contributed by atoms with Gasteiger partial charge in [0, 0.05) is 23.5 Å². The van der Waals surface area contributed by atoms with Gasteiger partial charge in [-0.3, -0.25) is 9.59 Å². The summed E-state index contributed by atoms with van der Waals surface area (Å²) >= 11 is 0. The number of rotatable bonds is 8. The van der Waals surface area contributed by atoms with E-state index in [1.807, 2.05) is 50.2 Å². The smallest absolute Gasteiger partial charge is 0.303 e. The van der Waals surface area contributed by atoms with Crippen LogP contribution in [0, 0.1) is 24.7 Å². The van der Waals surface area contributed by atoms with E-state index in [1.165, 1.54) is 0 Å². The van der Waals surface area contributed by atoms with Gasteiger partial charge < -0.3 is 15.3 Å². The summed E-state index contributed by atoms with van der Waals surface area (Å²) in [6.07, 6.45) is 4.03. The van der Waals surface area contributed by atoms with Gasteiger partial charge in [0.05, 0.1) is 6.04 Å². The number of carbonyl (C=O) groups excluding carboxylic acids is 1. The van der Waals surface area contributed by atoms with Crippen LogP contribution >= 0.6 is 0 Å². The van der Waals surface area contributed by atoms with Crippen LogP contribution in [0.15, 0.2) is 60.7 Å². The molecule has 2 N–H and O–H groups in total. The minimum atomic E-state index is -0.712. The molecule has 1 amide bonds. The molecule has 5 nitrogen and oxygen atoms in total. The zero-order valence-corrected chi connectivity index (χ0v) is 21.8. The first-order valence-electron chi connectivity index (χ1n) is 13.3. The van der Waals surface area contributed by atoms with Crippen LogP contribution in [0.25, 0.3) is 10.8 Å². The van der Waals surface area contributed by atoms with Gasteiger partial charge >= 0.3 is 5.97 Å². The second-order valence-corrected chi connectivity index (χ2v) is 9.99. The number of likely N-dealkylation sites (tertiary alicyclic amines) is 1. The summed E-state index contributed by atoms with van der Waals surface area (Å²) in [6.45, 7) is 6.99. The van der Waals surface area contributed by atoms with Crippen molar-refractivity contribution in [2.75, 3.05) is 19.6 Å². The predicted molar refractivity (Wildman–Crippen MR) is 149 cm³/mol. The number of aliphatic carboxylic acids is 1. The standard InChI is InChI=1S/C32H36N2O3/c1-23-9-3-4-10-27(23)32(37)33-24(2)28-17-16-26(29-11-5-6-12-30(28)29)15-14-25-18-21-34(22-19-25)20-8-7-13-31(35)36/h3-6,9-12,16-17,24-25H,7-8,13,18-22H2,1-2H3,(H,33,37)(H,35,36)/t24-/m1/s1. The number of nitrogens with zero attached hydrogens (tertiary/aromatic N) is 1. The molecule has 1 saturated heterocycles. The van der Waals surface area contributed by atoms with E-state index in [2.05, 4.69) is 46.3 Å². The molecule has 3 aromatic rings. The maximum atomic E-state index is 12.9. The van der Waals surface area contributed by atoms with E-state index in [4.69, 9.17) is 5.11 Å². The third-order valence-electron chi connectivity index (χ3n) is 7.28. The molecule has 5 heteroatoms. The van der Waals surface area contributed by atoms with E-state index in [0.717, 1.165) is 72.8 Å². The third-order valence-corrected chi connectivity index (χ3v) is 7.28. The van der Waals surface area contributed by atoms with Crippen molar-refractivity contribution in [3.05, 3.63) is 82.9 Å². The van der Waals surface area contributed by atoms with Crippen LogP contribution in [-0.2, 0) is 4.79 Å². The first kappa shape index (κ1) is 26.4. The van der Waals surface area contributed by atoms with Crippen LogP contribution in [0.3, 0.4) is 0 Å². The Kier molecular flexibility index (Phi) is 8.98. The fourth-order valence-electron chi connectivity index (χ4n) is 5.08. The number of hydrogen-bond donors (Lipinski definition) is 2. The van der Waals surface area contributed by atoms with E-state index in [9.17, 15) is 9.59 Å². The van der Waals surface area contributed by atoms with Crippen LogP contribution in [0.4, 0.5) is 0 Å². The Morgan fingerprint density at radius 1 is 1.00 bits per heavy atom. The highest BCUT2D eigenvalue weighted by Gasteiger charge is 2.18. The van der Waals surface area contributed by atoms with E-state index in [-0.39, 0.29) is 18.4 Å². The summed E-state index contributed by atoms with van der Waals surface area (Å²) in [6, 6.07) is 20.0. The van der Waals surface area contributed by atoms with Crippen molar-refractivity contribution < 1.29 is 14.7 Å². The first-order chi connectivity index (χ1) is 17.9. The van der Waals surface area contributed by atoms with Gasteiger partial charge in [0.25, 0.3) is 5.91 Å². The van der Waals surface area contributed by atoms with Gasteiger partial charge in [0.2, 0.25) is 0 Å². The Morgan fingerprint density at radius 3 is 2.43 bits per heavy atom. The Balaban J connectivity index is 1.42. The fourth-order valence-corrected chi connectivity index (χ4v) is 5.08. The normalized spacial score (nSPS) is 15.1. The molecule has 3 aromatic carbocycles. The molecule has 0 spiro atoms. The Morgan fingerprint density at radius 2 is 1.70 bits per heavy atom. The molecule has 4 rings (SSSR count). The number of aryl methyl sites for hydroxylation is 1. The van der Waals surface area contributed by atoms with Gasteiger partial charge in [-0.15, -0.1) is 0 Å². The minimum Gasteiger partial charge on any atom is -0.481 e. The Bertz CT molecular complexity index is 1310. The van der Waals surface area contributed by atoms with Crippen LogP contribution in [0.1, 0.15) is 72.1 Å². The molecule has 1 aliphatic rings. The van der Waals surface area contributed by atoms with Gasteiger partial charge in [-0.1, -0.05) is 60.4 Å². The van der Waals surface area contributed by atoms with Gasteiger partial charge in [0.1, 0.15) is 0 Å². The molecule has 0 aromatic heterocycles. The summed E-state index contributed by atoms with van der Waals surface area (Å²) < 4.78 is 0. The zero-order valence-electron chi connectivity index (χ0n) is 21.8. The van der Waals surface area contributed by atoms with E-state index >= 15 is 0 Å². The van der Waals surface area contributed by atoms with E-state index in [1.54, 1.807) is 0 Å². The largest absolute Gasteiger partial charge is 0.481 e. The lowest BCUT2D eigenvalue weighted by molar-refractivity contribution is -0.137. The van der Waals surface area contributed by atoms with E-state index in [0.29, 0.717) is 11.5 Å². The average molecular weight is 497 g/mol. The number of carboxylic acid groups (broad SMARTS) is 1. The second-order valence-electron chi connectivity index (χ2n) is 9.99.